The lowest BCUT2D eigenvalue weighted by Gasteiger charge is -2.16. The lowest BCUT2D eigenvalue weighted by atomic mass is 10.1. The second-order valence-corrected chi connectivity index (χ2v) is 9.28. The molecule has 2 heterocycles. The van der Waals surface area contributed by atoms with Crippen molar-refractivity contribution in [3.63, 3.8) is 0 Å². The van der Waals surface area contributed by atoms with Crippen molar-refractivity contribution in [2.75, 3.05) is 4.90 Å². The number of carboxylic acid groups (broad SMARTS) is 1. The first-order chi connectivity index (χ1) is 17.4. The molecule has 5 rings (SSSR count). The van der Waals surface area contributed by atoms with Gasteiger partial charge in [-0.15, -0.1) is 0 Å². The summed E-state index contributed by atoms with van der Waals surface area (Å²) in [6.45, 7) is 3.99. The molecular weight excluding hydrogens is 472 g/mol. The number of furan rings is 1. The molecule has 3 aromatic carbocycles. The van der Waals surface area contributed by atoms with Gasteiger partial charge in [-0.1, -0.05) is 54.6 Å². The first kappa shape index (κ1) is 23.4. The number of rotatable bonds is 5. The maximum absolute atomic E-state index is 13.5. The van der Waals surface area contributed by atoms with Gasteiger partial charge in [-0.3, -0.25) is 9.69 Å². The highest BCUT2D eigenvalue weighted by atomic mass is 32.2. The van der Waals surface area contributed by atoms with E-state index in [0.29, 0.717) is 27.2 Å². The highest BCUT2D eigenvalue weighted by Crippen LogP contribution is 2.39. The molecule has 6 nitrogen and oxygen atoms in total. The second kappa shape index (κ2) is 9.71. The van der Waals surface area contributed by atoms with Gasteiger partial charge in [0.25, 0.3) is 5.91 Å². The van der Waals surface area contributed by atoms with Crippen molar-refractivity contribution in [1.82, 2.24) is 0 Å². The minimum Gasteiger partial charge on any atom is -0.478 e. The van der Waals surface area contributed by atoms with Gasteiger partial charge < -0.3 is 9.52 Å². The Morgan fingerprint density at radius 1 is 0.917 bits per heavy atom. The number of aliphatic imine (C=N–C) groups is 1. The molecule has 0 atom stereocenters. The summed E-state index contributed by atoms with van der Waals surface area (Å²) in [7, 11) is 0. The van der Waals surface area contributed by atoms with E-state index in [2.05, 4.69) is 0 Å². The predicted octanol–water partition coefficient (Wildman–Crippen LogP) is 7.07. The first-order valence-corrected chi connectivity index (χ1v) is 12.1. The van der Waals surface area contributed by atoms with Crippen LogP contribution in [0, 0.1) is 13.8 Å². The summed E-state index contributed by atoms with van der Waals surface area (Å²) in [6, 6.07) is 25.5. The Kier molecular flexibility index (Phi) is 6.31. The minimum absolute atomic E-state index is 0.149. The van der Waals surface area contributed by atoms with Gasteiger partial charge in [-0.05, 0) is 67.1 Å². The predicted molar refractivity (Wildman–Crippen MR) is 144 cm³/mol. The quantitative estimate of drug-likeness (QED) is 0.300. The van der Waals surface area contributed by atoms with Crippen LogP contribution in [0.4, 0.5) is 11.4 Å². The molecule has 0 unspecified atom stereocenters. The van der Waals surface area contributed by atoms with Crippen molar-refractivity contribution in [2.45, 2.75) is 13.8 Å². The van der Waals surface area contributed by atoms with E-state index >= 15 is 0 Å². The van der Waals surface area contributed by atoms with Gasteiger partial charge in [0.05, 0.1) is 21.8 Å². The second-order valence-electron chi connectivity index (χ2n) is 8.27. The summed E-state index contributed by atoms with van der Waals surface area (Å²) in [5.41, 5.74) is 4.22. The van der Waals surface area contributed by atoms with Crippen LogP contribution in [-0.4, -0.2) is 22.2 Å². The number of aryl methyl sites for hydroxylation is 2. The van der Waals surface area contributed by atoms with Gasteiger partial charge in [0.2, 0.25) is 0 Å². The number of thioether (sulfide) groups is 1. The van der Waals surface area contributed by atoms with Crippen LogP contribution in [0.15, 0.2) is 99.2 Å². The van der Waals surface area contributed by atoms with E-state index in [1.165, 1.54) is 17.8 Å². The van der Waals surface area contributed by atoms with E-state index in [1.54, 1.807) is 41.3 Å². The average Bonchev–Trinajstić information content (AvgIpc) is 3.46. The molecule has 0 saturated carbocycles. The van der Waals surface area contributed by atoms with Crippen LogP contribution >= 0.6 is 11.8 Å². The van der Waals surface area contributed by atoms with E-state index in [-0.39, 0.29) is 11.5 Å². The number of nitrogens with zero attached hydrogens (tertiary/aromatic N) is 2. The molecule has 1 aliphatic rings. The van der Waals surface area contributed by atoms with Crippen LogP contribution in [0.2, 0.25) is 0 Å². The molecule has 0 radical (unpaired) electrons. The molecule has 7 heteroatoms. The Balaban J connectivity index is 1.55. The third kappa shape index (κ3) is 4.48. The number of amides is 1. The van der Waals surface area contributed by atoms with Crippen LogP contribution in [0.25, 0.3) is 17.4 Å². The molecule has 0 bridgehead atoms. The van der Waals surface area contributed by atoms with Crippen molar-refractivity contribution in [1.29, 1.82) is 0 Å². The zero-order valence-electron chi connectivity index (χ0n) is 19.6. The standard InChI is InChI=1S/C29H22N2O4S/c1-18-9-8-10-19(2)26(18)30-29-31(20-11-4-3-5-12-20)27(32)25(36-29)17-21-15-16-24(35-21)22-13-6-7-14-23(22)28(33)34/h3-17H,1-2H3,(H,33,34)/b25-17+,30-29?. The number of carbonyl (C=O) groups is 2. The molecular formula is C29H22N2O4S. The molecule has 1 aromatic heterocycles. The van der Waals surface area contributed by atoms with Gasteiger partial charge in [-0.2, -0.15) is 0 Å². The highest BCUT2D eigenvalue weighted by molar-refractivity contribution is 8.19. The number of carbonyl (C=O) groups excluding carboxylic acids is 1. The lowest BCUT2D eigenvalue weighted by Crippen LogP contribution is -2.28. The van der Waals surface area contributed by atoms with Crippen LogP contribution < -0.4 is 4.90 Å². The zero-order valence-corrected chi connectivity index (χ0v) is 20.5. The van der Waals surface area contributed by atoms with E-state index in [9.17, 15) is 14.7 Å². The normalized spacial score (nSPS) is 15.7. The Labute approximate surface area is 212 Å². The summed E-state index contributed by atoms with van der Waals surface area (Å²) < 4.78 is 5.94. The Morgan fingerprint density at radius 2 is 1.61 bits per heavy atom. The van der Waals surface area contributed by atoms with Crippen LogP contribution in [-0.2, 0) is 4.79 Å². The summed E-state index contributed by atoms with van der Waals surface area (Å²) in [5, 5.41) is 10.1. The number of hydrogen-bond acceptors (Lipinski definition) is 5. The first-order valence-electron chi connectivity index (χ1n) is 11.3. The number of hydrogen-bond donors (Lipinski definition) is 1. The molecule has 0 spiro atoms. The van der Waals surface area contributed by atoms with Gasteiger partial charge in [0, 0.05) is 11.6 Å². The summed E-state index contributed by atoms with van der Waals surface area (Å²) in [6.07, 6.45) is 1.67. The molecule has 1 N–H and O–H groups in total. The molecule has 1 amide bonds. The van der Waals surface area contributed by atoms with E-state index in [0.717, 1.165) is 22.5 Å². The number of para-hydroxylation sites is 2. The fourth-order valence-electron chi connectivity index (χ4n) is 4.02. The lowest BCUT2D eigenvalue weighted by molar-refractivity contribution is -0.113. The Hall–Kier alpha value is -4.36. The monoisotopic (exact) mass is 494 g/mol. The largest absolute Gasteiger partial charge is 0.478 e. The van der Waals surface area contributed by atoms with Gasteiger partial charge >= 0.3 is 5.97 Å². The van der Waals surface area contributed by atoms with E-state index < -0.39 is 5.97 Å². The van der Waals surface area contributed by atoms with Crippen molar-refractivity contribution >= 4 is 46.3 Å². The SMILES string of the molecule is Cc1cccc(C)c1N=C1S/C(=C/c2ccc(-c3ccccc3C(=O)O)o2)C(=O)N1c1ccccc1. The number of benzene rings is 3. The maximum atomic E-state index is 13.5. The molecule has 0 aliphatic carbocycles. The minimum atomic E-state index is -1.03. The molecule has 1 saturated heterocycles. The highest BCUT2D eigenvalue weighted by Gasteiger charge is 2.35. The molecule has 4 aromatic rings. The summed E-state index contributed by atoms with van der Waals surface area (Å²) in [5.74, 6) is -0.378. The molecule has 178 valence electrons. The van der Waals surface area contributed by atoms with Crippen LogP contribution in [0.1, 0.15) is 27.2 Å². The number of anilines is 1. The van der Waals surface area contributed by atoms with Crippen molar-refractivity contribution in [2.24, 2.45) is 4.99 Å². The van der Waals surface area contributed by atoms with E-state index in [4.69, 9.17) is 9.41 Å². The van der Waals surface area contributed by atoms with Crippen molar-refractivity contribution in [3.05, 3.63) is 112 Å². The van der Waals surface area contributed by atoms with Crippen molar-refractivity contribution < 1.29 is 19.1 Å². The maximum Gasteiger partial charge on any atom is 0.336 e. The zero-order chi connectivity index (χ0) is 25.2. The Morgan fingerprint density at radius 3 is 2.33 bits per heavy atom. The van der Waals surface area contributed by atoms with Crippen molar-refractivity contribution in [3.8, 4) is 11.3 Å². The Bertz CT molecular complexity index is 1520. The van der Waals surface area contributed by atoms with Gasteiger partial charge in [-0.25, -0.2) is 9.79 Å². The number of amidine groups is 1. The van der Waals surface area contributed by atoms with Gasteiger partial charge in [0.1, 0.15) is 11.5 Å². The van der Waals surface area contributed by atoms with E-state index in [1.807, 2.05) is 62.4 Å². The van der Waals surface area contributed by atoms with Crippen LogP contribution in [0.5, 0.6) is 0 Å². The van der Waals surface area contributed by atoms with Crippen LogP contribution in [0.3, 0.4) is 0 Å². The van der Waals surface area contributed by atoms with Gasteiger partial charge in [0.15, 0.2) is 5.17 Å². The summed E-state index contributed by atoms with van der Waals surface area (Å²) >= 11 is 1.28. The number of carboxylic acids is 1. The smallest absolute Gasteiger partial charge is 0.336 e. The fourth-order valence-corrected chi connectivity index (χ4v) is 4.99. The summed E-state index contributed by atoms with van der Waals surface area (Å²) in [4.78, 5) is 32.1. The third-order valence-corrected chi connectivity index (χ3v) is 6.76. The molecule has 1 aliphatic heterocycles. The third-order valence-electron chi connectivity index (χ3n) is 5.79. The fraction of sp³-hybridized carbons (Fsp3) is 0.0690. The number of aromatic carboxylic acids is 1. The molecule has 36 heavy (non-hydrogen) atoms. The molecule has 1 fully saturated rings. The average molecular weight is 495 g/mol. The topological polar surface area (TPSA) is 83.1 Å².